The van der Waals surface area contributed by atoms with Crippen molar-refractivity contribution in [2.45, 2.75) is 16.9 Å². The molecular formula is C23H22N2O4S2. The smallest absolute Gasteiger partial charge is 0.205 e. The summed E-state index contributed by atoms with van der Waals surface area (Å²) in [5.74, 6) is 1.51. The third kappa shape index (κ3) is 4.63. The number of nitrogens with zero attached hydrogens (tertiary/aromatic N) is 1. The first-order chi connectivity index (χ1) is 14.9. The highest BCUT2D eigenvalue weighted by molar-refractivity contribution is 8.00. The number of hydrogen-bond donors (Lipinski definition) is 1. The molecule has 0 spiro atoms. The molecule has 0 radical (unpaired) electrons. The zero-order valence-corrected chi connectivity index (χ0v) is 19.3. The molecule has 2 aromatic carbocycles. The highest BCUT2D eigenvalue weighted by atomic mass is 32.2. The molecule has 0 aliphatic heterocycles. The minimum Gasteiger partial charge on any atom is -0.493 e. The van der Waals surface area contributed by atoms with Crippen molar-refractivity contribution in [3.63, 3.8) is 0 Å². The van der Waals surface area contributed by atoms with E-state index in [1.807, 2.05) is 25.1 Å². The maximum Gasteiger partial charge on any atom is 0.205 e. The molecule has 2 N–H and O–H groups in total. The Labute approximate surface area is 189 Å². The van der Waals surface area contributed by atoms with Gasteiger partial charge in [-0.15, -0.1) is 23.1 Å². The summed E-state index contributed by atoms with van der Waals surface area (Å²) in [6.45, 7) is 2.03. The van der Waals surface area contributed by atoms with Gasteiger partial charge in [0, 0.05) is 11.3 Å². The molecule has 0 saturated carbocycles. The standard InChI is InChI=1S/C23H22N2O4S2/c1-13-6-5-7-14(8-13)12-30-23-16(11-24)19(25)22(31-23)20(26)15-9-17(27-2)21(29-4)18(10-15)28-3/h5-10H,12,25H2,1-4H3. The largest absolute Gasteiger partial charge is 0.493 e. The Morgan fingerprint density at radius 2 is 1.81 bits per heavy atom. The summed E-state index contributed by atoms with van der Waals surface area (Å²) in [6, 6.07) is 13.5. The number of carbonyl (C=O) groups is 1. The molecular weight excluding hydrogens is 432 g/mol. The van der Waals surface area contributed by atoms with Crippen LogP contribution in [-0.2, 0) is 5.75 Å². The number of aryl methyl sites for hydroxylation is 1. The summed E-state index contributed by atoms with van der Waals surface area (Å²) in [6.07, 6.45) is 0. The zero-order valence-electron chi connectivity index (χ0n) is 17.6. The molecule has 8 heteroatoms. The maximum atomic E-state index is 13.3. The average Bonchev–Trinajstić information content (AvgIpc) is 3.11. The Kier molecular flexibility index (Phi) is 7.10. The van der Waals surface area contributed by atoms with E-state index in [2.05, 4.69) is 12.1 Å². The lowest BCUT2D eigenvalue weighted by atomic mass is 10.1. The van der Waals surface area contributed by atoms with Gasteiger partial charge in [0.15, 0.2) is 11.5 Å². The van der Waals surface area contributed by atoms with Crippen LogP contribution >= 0.6 is 23.1 Å². The number of nitrogen functional groups attached to an aromatic ring is 1. The van der Waals surface area contributed by atoms with Crippen LogP contribution in [0.2, 0.25) is 0 Å². The molecule has 0 atom stereocenters. The van der Waals surface area contributed by atoms with E-state index >= 15 is 0 Å². The first kappa shape index (κ1) is 22.5. The number of rotatable bonds is 8. The van der Waals surface area contributed by atoms with Gasteiger partial charge in [0.25, 0.3) is 0 Å². The van der Waals surface area contributed by atoms with Crippen LogP contribution in [0.5, 0.6) is 17.2 Å². The Morgan fingerprint density at radius 3 is 2.35 bits per heavy atom. The second-order valence-corrected chi connectivity index (χ2v) is 8.90. The van der Waals surface area contributed by atoms with Gasteiger partial charge in [0.2, 0.25) is 11.5 Å². The number of carbonyl (C=O) groups excluding carboxylic acids is 1. The number of methoxy groups -OCH3 is 3. The lowest BCUT2D eigenvalue weighted by Gasteiger charge is -2.13. The SMILES string of the molecule is COc1cc(C(=O)c2sc(SCc3cccc(C)c3)c(C#N)c2N)cc(OC)c1OC. The topological polar surface area (TPSA) is 94.6 Å². The van der Waals surface area contributed by atoms with Crippen LogP contribution in [0.25, 0.3) is 0 Å². The normalized spacial score (nSPS) is 10.4. The first-order valence-electron chi connectivity index (χ1n) is 9.28. The molecule has 0 aliphatic carbocycles. The number of ketones is 1. The zero-order chi connectivity index (χ0) is 22.5. The van der Waals surface area contributed by atoms with Crippen molar-refractivity contribution >= 4 is 34.6 Å². The molecule has 0 unspecified atom stereocenters. The first-order valence-corrected chi connectivity index (χ1v) is 11.1. The van der Waals surface area contributed by atoms with Crippen LogP contribution in [0.3, 0.4) is 0 Å². The van der Waals surface area contributed by atoms with Crippen molar-refractivity contribution in [2.24, 2.45) is 0 Å². The lowest BCUT2D eigenvalue weighted by molar-refractivity contribution is 0.104. The van der Waals surface area contributed by atoms with Crippen LogP contribution < -0.4 is 19.9 Å². The Bertz CT molecular complexity index is 1140. The van der Waals surface area contributed by atoms with Gasteiger partial charge in [-0.1, -0.05) is 29.8 Å². The summed E-state index contributed by atoms with van der Waals surface area (Å²) >= 11 is 2.72. The monoisotopic (exact) mass is 454 g/mol. The van der Waals surface area contributed by atoms with Gasteiger partial charge in [-0.2, -0.15) is 5.26 Å². The van der Waals surface area contributed by atoms with E-state index in [-0.39, 0.29) is 11.5 Å². The summed E-state index contributed by atoms with van der Waals surface area (Å²) in [4.78, 5) is 13.6. The van der Waals surface area contributed by atoms with Gasteiger partial charge in [-0.3, -0.25) is 4.79 Å². The van der Waals surface area contributed by atoms with E-state index in [0.717, 1.165) is 9.77 Å². The molecule has 3 aromatic rings. The fraction of sp³-hybridized carbons (Fsp3) is 0.217. The average molecular weight is 455 g/mol. The summed E-state index contributed by atoms with van der Waals surface area (Å²) < 4.78 is 16.7. The van der Waals surface area contributed by atoms with Gasteiger partial charge in [0.1, 0.15) is 16.5 Å². The van der Waals surface area contributed by atoms with Gasteiger partial charge >= 0.3 is 0 Å². The third-order valence-corrected chi connectivity index (χ3v) is 7.16. The van der Waals surface area contributed by atoms with E-state index in [1.54, 1.807) is 12.1 Å². The van der Waals surface area contributed by atoms with E-state index in [9.17, 15) is 10.1 Å². The minimum atomic E-state index is -0.305. The van der Waals surface area contributed by atoms with Crippen LogP contribution in [0.15, 0.2) is 40.6 Å². The van der Waals surface area contributed by atoms with E-state index in [0.29, 0.717) is 39.0 Å². The van der Waals surface area contributed by atoms with Crippen molar-refractivity contribution < 1.29 is 19.0 Å². The van der Waals surface area contributed by atoms with Crippen molar-refractivity contribution in [2.75, 3.05) is 27.1 Å². The molecule has 1 heterocycles. The molecule has 0 amide bonds. The molecule has 0 fully saturated rings. The summed E-state index contributed by atoms with van der Waals surface area (Å²) in [5.41, 5.74) is 9.38. The van der Waals surface area contributed by atoms with Crippen LogP contribution in [-0.4, -0.2) is 27.1 Å². The van der Waals surface area contributed by atoms with Crippen molar-refractivity contribution in [3.8, 4) is 23.3 Å². The van der Waals surface area contributed by atoms with Gasteiger partial charge in [0.05, 0.1) is 31.2 Å². The number of hydrogen-bond acceptors (Lipinski definition) is 8. The van der Waals surface area contributed by atoms with Crippen molar-refractivity contribution in [3.05, 3.63) is 63.5 Å². The third-order valence-electron chi connectivity index (χ3n) is 4.61. The van der Waals surface area contributed by atoms with E-state index in [4.69, 9.17) is 19.9 Å². The quantitative estimate of drug-likeness (QED) is 0.375. The highest BCUT2D eigenvalue weighted by Gasteiger charge is 2.25. The maximum absolute atomic E-state index is 13.3. The predicted molar refractivity (Wildman–Crippen MR) is 124 cm³/mol. The van der Waals surface area contributed by atoms with Gasteiger partial charge in [-0.05, 0) is 24.6 Å². The molecule has 3 rings (SSSR count). The molecule has 31 heavy (non-hydrogen) atoms. The van der Waals surface area contributed by atoms with Gasteiger partial charge in [-0.25, -0.2) is 0 Å². The van der Waals surface area contributed by atoms with Crippen molar-refractivity contribution in [1.82, 2.24) is 0 Å². The number of thioether (sulfide) groups is 1. The number of thiophene rings is 1. The molecule has 0 bridgehead atoms. The molecule has 0 saturated heterocycles. The number of benzene rings is 2. The number of anilines is 1. The van der Waals surface area contributed by atoms with E-state index < -0.39 is 0 Å². The second-order valence-electron chi connectivity index (χ2n) is 6.64. The fourth-order valence-corrected chi connectivity index (χ4v) is 5.40. The predicted octanol–water partition coefficient (Wildman–Crippen LogP) is 5.06. The van der Waals surface area contributed by atoms with Crippen LogP contribution in [0.1, 0.15) is 31.9 Å². The van der Waals surface area contributed by atoms with Crippen LogP contribution in [0.4, 0.5) is 5.69 Å². The van der Waals surface area contributed by atoms with Crippen molar-refractivity contribution in [1.29, 1.82) is 5.26 Å². The number of nitrogens with two attached hydrogens (primary N) is 1. The van der Waals surface area contributed by atoms with E-state index in [1.165, 1.54) is 50.0 Å². The molecule has 1 aromatic heterocycles. The fourth-order valence-electron chi connectivity index (χ4n) is 3.09. The molecule has 6 nitrogen and oxygen atoms in total. The lowest BCUT2D eigenvalue weighted by Crippen LogP contribution is -2.05. The summed E-state index contributed by atoms with van der Waals surface area (Å²) in [5, 5.41) is 9.63. The number of nitriles is 1. The minimum absolute atomic E-state index is 0.193. The Hall–Kier alpha value is -3.15. The highest BCUT2D eigenvalue weighted by Crippen LogP contribution is 2.42. The second kappa shape index (κ2) is 9.77. The molecule has 0 aliphatic rings. The van der Waals surface area contributed by atoms with Crippen LogP contribution in [0, 0.1) is 18.3 Å². The number of ether oxygens (including phenoxy) is 3. The molecule has 160 valence electrons. The van der Waals surface area contributed by atoms with Gasteiger partial charge < -0.3 is 19.9 Å². The Balaban J connectivity index is 1.96. The Morgan fingerprint density at radius 1 is 1.13 bits per heavy atom. The summed E-state index contributed by atoms with van der Waals surface area (Å²) in [7, 11) is 4.47.